The summed E-state index contributed by atoms with van der Waals surface area (Å²) in [6.07, 6.45) is 3.42. The number of rotatable bonds is 4. The van der Waals surface area contributed by atoms with Crippen LogP contribution >= 0.6 is 0 Å². The number of aryl methyl sites for hydroxylation is 2. The lowest BCUT2D eigenvalue weighted by Gasteiger charge is -2.19. The molecule has 0 spiro atoms. The van der Waals surface area contributed by atoms with Gasteiger partial charge in [-0.15, -0.1) is 0 Å². The highest BCUT2D eigenvalue weighted by Crippen LogP contribution is 2.24. The molecule has 0 aliphatic rings. The van der Waals surface area contributed by atoms with Crippen LogP contribution < -0.4 is 10.1 Å². The zero-order chi connectivity index (χ0) is 18.6. The third-order valence-electron chi connectivity index (χ3n) is 4.22. The number of amides is 1. The predicted molar refractivity (Wildman–Crippen MR) is 105 cm³/mol. The molecule has 1 N–H and O–H groups in total. The fourth-order valence-electron chi connectivity index (χ4n) is 2.71. The second-order valence-electron chi connectivity index (χ2n) is 7.32. The number of methoxy groups -OCH3 is 1. The fourth-order valence-corrected chi connectivity index (χ4v) is 2.71. The topological polar surface area (TPSA) is 38.3 Å². The minimum Gasteiger partial charge on any atom is -0.497 e. The average Bonchev–Trinajstić information content (AvgIpc) is 2.53. The summed E-state index contributed by atoms with van der Waals surface area (Å²) in [5.74, 6) is 0.689. The summed E-state index contributed by atoms with van der Waals surface area (Å²) in [6.45, 7) is 10.5. The molecule has 0 aliphatic carbocycles. The van der Waals surface area contributed by atoms with Crippen molar-refractivity contribution in [2.45, 2.75) is 40.0 Å². The zero-order valence-corrected chi connectivity index (χ0v) is 15.9. The van der Waals surface area contributed by atoms with Crippen molar-refractivity contribution in [1.82, 2.24) is 0 Å². The molecule has 0 atom stereocenters. The summed E-state index contributed by atoms with van der Waals surface area (Å²) >= 11 is 0. The van der Waals surface area contributed by atoms with Gasteiger partial charge in [0.1, 0.15) is 5.75 Å². The molecule has 0 aliphatic heterocycles. The first kappa shape index (κ1) is 18.8. The lowest BCUT2D eigenvalue weighted by Crippen LogP contribution is -2.12. The molecule has 0 saturated carbocycles. The van der Waals surface area contributed by atoms with Crippen LogP contribution in [0, 0.1) is 13.8 Å². The minimum atomic E-state index is -0.141. The second kappa shape index (κ2) is 7.56. The van der Waals surface area contributed by atoms with Gasteiger partial charge in [0.15, 0.2) is 0 Å². The lowest BCUT2D eigenvalue weighted by molar-refractivity contribution is -0.111. The van der Waals surface area contributed by atoms with Gasteiger partial charge < -0.3 is 10.1 Å². The van der Waals surface area contributed by atoms with Gasteiger partial charge in [0.05, 0.1) is 7.11 Å². The van der Waals surface area contributed by atoms with Gasteiger partial charge in [-0.3, -0.25) is 4.79 Å². The Labute approximate surface area is 150 Å². The van der Waals surface area contributed by atoms with Crippen LogP contribution in [0.4, 0.5) is 5.69 Å². The van der Waals surface area contributed by atoms with Crippen LogP contribution in [-0.2, 0) is 10.2 Å². The first-order valence-electron chi connectivity index (χ1n) is 8.45. The van der Waals surface area contributed by atoms with E-state index in [1.807, 2.05) is 44.2 Å². The van der Waals surface area contributed by atoms with Gasteiger partial charge in [0.2, 0.25) is 5.91 Å². The first-order chi connectivity index (χ1) is 11.7. The van der Waals surface area contributed by atoms with Crippen molar-refractivity contribution in [3.8, 4) is 5.75 Å². The summed E-state index contributed by atoms with van der Waals surface area (Å²) in [6, 6.07) is 11.9. The van der Waals surface area contributed by atoms with E-state index in [2.05, 4.69) is 38.2 Å². The molecule has 0 saturated heterocycles. The Bertz CT molecular complexity index is 758. The normalized spacial score (nSPS) is 11.6. The third-order valence-corrected chi connectivity index (χ3v) is 4.22. The van der Waals surface area contributed by atoms with Crippen molar-refractivity contribution >= 4 is 17.7 Å². The van der Waals surface area contributed by atoms with Crippen LogP contribution in [0.2, 0.25) is 0 Å². The molecule has 2 rings (SSSR count). The monoisotopic (exact) mass is 337 g/mol. The van der Waals surface area contributed by atoms with Crippen molar-refractivity contribution in [2.75, 3.05) is 12.4 Å². The van der Waals surface area contributed by atoms with E-state index in [0.717, 1.165) is 28.1 Å². The van der Waals surface area contributed by atoms with Gasteiger partial charge in [0.25, 0.3) is 0 Å². The summed E-state index contributed by atoms with van der Waals surface area (Å²) in [5.41, 5.74) is 5.34. The Hall–Kier alpha value is -2.55. The van der Waals surface area contributed by atoms with Crippen molar-refractivity contribution < 1.29 is 9.53 Å². The summed E-state index contributed by atoms with van der Waals surface area (Å²) in [7, 11) is 1.65. The molecule has 3 heteroatoms. The molecule has 1 amide bonds. The van der Waals surface area contributed by atoms with E-state index in [9.17, 15) is 4.79 Å². The molecule has 132 valence electrons. The zero-order valence-electron chi connectivity index (χ0n) is 15.9. The Morgan fingerprint density at radius 2 is 1.60 bits per heavy atom. The number of benzene rings is 2. The van der Waals surface area contributed by atoms with Crippen LogP contribution in [0.5, 0.6) is 5.75 Å². The first-order valence-corrected chi connectivity index (χ1v) is 8.45. The molecule has 0 unspecified atom stereocenters. The van der Waals surface area contributed by atoms with Gasteiger partial charge >= 0.3 is 0 Å². The maximum atomic E-state index is 12.2. The van der Waals surface area contributed by atoms with E-state index in [1.165, 1.54) is 5.56 Å². The summed E-state index contributed by atoms with van der Waals surface area (Å²) < 4.78 is 5.27. The molecule has 2 aromatic rings. The Kier molecular flexibility index (Phi) is 5.68. The van der Waals surface area contributed by atoms with E-state index in [4.69, 9.17) is 4.74 Å². The number of hydrogen-bond acceptors (Lipinski definition) is 2. The number of hydrogen-bond donors (Lipinski definition) is 1. The molecule has 0 fully saturated rings. The van der Waals surface area contributed by atoms with E-state index in [1.54, 1.807) is 13.2 Å². The maximum Gasteiger partial charge on any atom is 0.248 e. The van der Waals surface area contributed by atoms with Crippen LogP contribution in [0.25, 0.3) is 6.08 Å². The number of carbonyl (C=O) groups is 1. The molecule has 0 radical (unpaired) electrons. The quantitative estimate of drug-likeness (QED) is 0.773. The molecule has 2 aromatic carbocycles. The van der Waals surface area contributed by atoms with Crippen LogP contribution in [-0.4, -0.2) is 13.0 Å². The second-order valence-corrected chi connectivity index (χ2v) is 7.32. The van der Waals surface area contributed by atoms with Crippen molar-refractivity contribution in [3.05, 3.63) is 64.7 Å². The molecule has 25 heavy (non-hydrogen) atoms. The number of ether oxygens (including phenoxy) is 1. The van der Waals surface area contributed by atoms with Gasteiger partial charge in [-0.05, 0) is 71.9 Å². The van der Waals surface area contributed by atoms with Crippen molar-refractivity contribution in [1.29, 1.82) is 0 Å². The van der Waals surface area contributed by atoms with E-state index in [-0.39, 0.29) is 11.3 Å². The van der Waals surface area contributed by atoms with Gasteiger partial charge in [-0.1, -0.05) is 32.9 Å². The highest BCUT2D eigenvalue weighted by atomic mass is 16.5. The molecular formula is C22H27NO2. The van der Waals surface area contributed by atoms with Crippen LogP contribution in [0.1, 0.15) is 43.0 Å². The molecule has 3 nitrogen and oxygen atoms in total. The smallest absolute Gasteiger partial charge is 0.248 e. The minimum absolute atomic E-state index is 0.103. The van der Waals surface area contributed by atoms with Gasteiger partial charge in [-0.25, -0.2) is 0 Å². The standard InChI is InChI=1S/C22H27NO2/c1-15-13-19(25-6)14-16(2)20(15)11-12-21(24)23-18-9-7-17(8-10-18)22(3,4)5/h7-14H,1-6H3,(H,23,24)/b12-11+. The van der Waals surface area contributed by atoms with Crippen LogP contribution in [0.3, 0.4) is 0 Å². The fraction of sp³-hybridized carbons (Fsp3) is 0.318. The highest BCUT2D eigenvalue weighted by Gasteiger charge is 2.13. The molecule has 0 heterocycles. The van der Waals surface area contributed by atoms with E-state index in [0.29, 0.717) is 0 Å². The van der Waals surface area contributed by atoms with E-state index >= 15 is 0 Å². The SMILES string of the molecule is COc1cc(C)c(/C=C/C(=O)Nc2ccc(C(C)(C)C)cc2)c(C)c1. The predicted octanol–water partition coefficient (Wildman–Crippen LogP) is 5.26. The highest BCUT2D eigenvalue weighted by molar-refractivity contribution is 6.02. The average molecular weight is 337 g/mol. The number of anilines is 1. The summed E-state index contributed by atoms with van der Waals surface area (Å²) in [4.78, 5) is 12.2. The van der Waals surface area contributed by atoms with Crippen molar-refractivity contribution in [2.24, 2.45) is 0 Å². The molecule has 0 bridgehead atoms. The lowest BCUT2D eigenvalue weighted by atomic mass is 9.87. The number of nitrogens with one attached hydrogen (secondary N) is 1. The van der Waals surface area contributed by atoms with Gasteiger partial charge in [-0.2, -0.15) is 0 Å². The van der Waals surface area contributed by atoms with E-state index < -0.39 is 0 Å². The summed E-state index contributed by atoms with van der Waals surface area (Å²) in [5, 5.41) is 2.90. The number of carbonyl (C=O) groups excluding carboxylic acids is 1. The largest absolute Gasteiger partial charge is 0.497 e. The Balaban J connectivity index is 2.09. The maximum absolute atomic E-state index is 12.2. The van der Waals surface area contributed by atoms with Gasteiger partial charge in [0, 0.05) is 11.8 Å². The third kappa shape index (κ3) is 4.96. The van der Waals surface area contributed by atoms with Crippen molar-refractivity contribution in [3.63, 3.8) is 0 Å². The Morgan fingerprint density at radius 1 is 1.04 bits per heavy atom. The van der Waals surface area contributed by atoms with Crippen LogP contribution in [0.15, 0.2) is 42.5 Å². The molecule has 0 aromatic heterocycles. The molecular weight excluding hydrogens is 310 g/mol. The Morgan fingerprint density at radius 3 is 2.08 bits per heavy atom.